The second-order valence-corrected chi connectivity index (χ2v) is 9.35. The topological polar surface area (TPSA) is 50.2 Å². The molecule has 0 spiro atoms. The van der Waals surface area contributed by atoms with E-state index in [-0.39, 0.29) is 18.1 Å². The Morgan fingerprint density at radius 1 is 1.09 bits per heavy atom. The van der Waals surface area contributed by atoms with Crippen molar-refractivity contribution >= 4 is 12.0 Å². The van der Waals surface area contributed by atoms with Crippen LogP contribution in [-0.2, 0) is 17.6 Å². The molecule has 3 aromatic rings. The van der Waals surface area contributed by atoms with E-state index in [1.807, 2.05) is 53.2 Å². The number of nitrogens with zero attached hydrogens (tertiary/aromatic N) is 3. The van der Waals surface area contributed by atoms with Crippen LogP contribution >= 0.6 is 0 Å². The summed E-state index contributed by atoms with van der Waals surface area (Å²) in [6, 6.07) is 19.0. The van der Waals surface area contributed by atoms with Crippen LogP contribution in [0.25, 0.3) is 11.8 Å². The van der Waals surface area contributed by atoms with Crippen LogP contribution in [-0.4, -0.2) is 40.3 Å². The summed E-state index contributed by atoms with van der Waals surface area (Å²) >= 11 is 0. The van der Waals surface area contributed by atoms with Crippen LogP contribution in [0.4, 0.5) is 4.39 Å². The lowest BCUT2D eigenvalue weighted by molar-refractivity contribution is -0.121. The zero-order chi connectivity index (χ0) is 23.9. The predicted molar refractivity (Wildman–Crippen MR) is 134 cm³/mol. The molecule has 0 saturated carbocycles. The largest absolute Gasteiger partial charge is 0.343 e. The average Bonchev–Trinajstić information content (AvgIpc) is 3.22. The van der Waals surface area contributed by atoms with Crippen LogP contribution in [0.5, 0.6) is 0 Å². The monoisotopic (exact) mass is 460 g/mol. The van der Waals surface area contributed by atoms with Gasteiger partial charge in [0, 0.05) is 24.3 Å². The first kappa shape index (κ1) is 23.9. The molecule has 1 aliphatic rings. The minimum Gasteiger partial charge on any atom is -0.343 e. The van der Waals surface area contributed by atoms with Crippen molar-refractivity contribution in [3.8, 4) is 5.69 Å². The van der Waals surface area contributed by atoms with Crippen molar-refractivity contribution < 1.29 is 9.18 Å². The fraction of sp³-hybridized carbons (Fsp3) is 0.357. The van der Waals surface area contributed by atoms with Gasteiger partial charge >= 0.3 is 0 Å². The van der Waals surface area contributed by atoms with Gasteiger partial charge in [-0.1, -0.05) is 61.9 Å². The van der Waals surface area contributed by atoms with Crippen molar-refractivity contribution in [2.24, 2.45) is 5.92 Å². The van der Waals surface area contributed by atoms with Crippen molar-refractivity contribution in [1.29, 1.82) is 0 Å². The molecular weight excluding hydrogens is 427 g/mol. The van der Waals surface area contributed by atoms with Crippen LogP contribution < -0.4 is 5.32 Å². The lowest BCUT2D eigenvalue weighted by Crippen LogP contribution is -2.41. The molecule has 1 N–H and O–H groups in total. The van der Waals surface area contributed by atoms with Gasteiger partial charge in [0.2, 0.25) is 5.91 Å². The maximum Gasteiger partial charge on any atom is 0.227 e. The number of likely N-dealkylation sites (tertiary alicyclic amines) is 1. The number of para-hydroxylation sites is 1. The molecule has 34 heavy (non-hydrogen) atoms. The Balaban J connectivity index is 1.30. The number of rotatable bonds is 8. The highest BCUT2D eigenvalue weighted by Gasteiger charge is 2.17. The zero-order valence-electron chi connectivity index (χ0n) is 20.0. The maximum atomic E-state index is 13.9. The van der Waals surface area contributed by atoms with Gasteiger partial charge in [-0.2, -0.15) is 5.10 Å². The summed E-state index contributed by atoms with van der Waals surface area (Å²) in [6.45, 7) is 6.59. The highest BCUT2D eigenvalue weighted by Crippen LogP contribution is 2.21. The third kappa shape index (κ3) is 6.41. The zero-order valence-corrected chi connectivity index (χ0v) is 20.0. The van der Waals surface area contributed by atoms with E-state index in [4.69, 9.17) is 5.10 Å². The van der Waals surface area contributed by atoms with E-state index in [2.05, 4.69) is 24.1 Å². The lowest BCUT2D eigenvalue weighted by Gasteiger charge is -2.28. The van der Waals surface area contributed by atoms with E-state index in [9.17, 15) is 9.18 Å². The number of benzene rings is 2. The normalized spacial score (nSPS) is 14.4. The third-order valence-corrected chi connectivity index (χ3v) is 6.06. The standard InChI is InChI=1S/C28H33FN4O/c1-21(2)16-26-18-24(31-33(26)25-9-4-3-5-10-25)19-28(34)30-20-32-14-12-22(13-15-32)17-23-8-6-7-11-27(23)29/h3-11,17-18,21H,12-16,19-20H2,1-2H3,(H,30,34). The molecule has 5 nitrogen and oxygen atoms in total. The summed E-state index contributed by atoms with van der Waals surface area (Å²) in [6.07, 6.45) is 4.88. The van der Waals surface area contributed by atoms with Crippen molar-refractivity contribution in [3.05, 3.63) is 89.0 Å². The van der Waals surface area contributed by atoms with Crippen molar-refractivity contribution in [1.82, 2.24) is 20.0 Å². The maximum absolute atomic E-state index is 13.9. The van der Waals surface area contributed by atoms with Gasteiger partial charge in [-0.25, -0.2) is 9.07 Å². The molecule has 6 heteroatoms. The van der Waals surface area contributed by atoms with E-state index in [1.54, 1.807) is 12.1 Å². The van der Waals surface area contributed by atoms with Crippen LogP contribution in [0.15, 0.2) is 66.2 Å². The molecule has 2 aromatic carbocycles. The van der Waals surface area contributed by atoms with Crippen molar-refractivity contribution in [2.75, 3.05) is 19.8 Å². The summed E-state index contributed by atoms with van der Waals surface area (Å²) in [5.41, 5.74) is 4.81. The van der Waals surface area contributed by atoms with Crippen molar-refractivity contribution in [3.63, 3.8) is 0 Å². The van der Waals surface area contributed by atoms with Crippen LogP contribution in [0, 0.1) is 11.7 Å². The number of carbonyl (C=O) groups excluding carboxylic acids is 1. The van der Waals surface area contributed by atoms with E-state index in [1.165, 1.54) is 11.6 Å². The molecule has 0 unspecified atom stereocenters. The second-order valence-electron chi connectivity index (χ2n) is 9.35. The summed E-state index contributed by atoms with van der Waals surface area (Å²) in [5, 5.41) is 7.77. The molecule has 0 bridgehead atoms. The Hall–Kier alpha value is -3.25. The van der Waals surface area contributed by atoms with Crippen LogP contribution in [0.2, 0.25) is 0 Å². The van der Waals surface area contributed by atoms with Crippen LogP contribution in [0.1, 0.15) is 43.6 Å². The highest BCUT2D eigenvalue weighted by atomic mass is 19.1. The Kier molecular flexibility index (Phi) is 7.91. The quantitative estimate of drug-likeness (QED) is 0.514. The summed E-state index contributed by atoms with van der Waals surface area (Å²) < 4.78 is 15.8. The van der Waals surface area contributed by atoms with Gasteiger partial charge in [0.1, 0.15) is 5.82 Å². The molecule has 1 saturated heterocycles. The Labute approximate surface area is 201 Å². The smallest absolute Gasteiger partial charge is 0.227 e. The molecule has 0 atom stereocenters. The summed E-state index contributed by atoms with van der Waals surface area (Å²) in [4.78, 5) is 14.9. The molecule has 178 valence electrons. The SMILES string of the molecule is CC(C)Cc1cc(CC(=O)NCN2CCC(=Cc3ccccc3F)CC2)nn1-c1ccccc1. The number of halogens is 1. The Morgan fingerprint density at radius 2 is 1.79 bits per heavy atom. The highest BCUT2D eigenvalue weighted by molar-refractivity contribution is 5.78. The van der Waals surface area contributed by atoms with Gasteiger partial charge in [-0.15, -0.1) is 0 Å². The number of hydrogen-bond acceptors (Lipinski definition) is 3. The number of amides is 1. The minimum atomic E-state index is -0.184. The molecule has 1 amide bonds. The number of carbonyl (C=O) groups is 1. The van der Waals surface area contributed by atoms with Gasteiger partial charge in [0.15, 0.2) is 0 Å². The van der Waals surface area contributed by atoms with E-state index in [0.717, 1.165) is 49.4 Å². The molecule has 0 radical (unpaired) electrons. The molecule has 0 aliphatic carbocycles. The first-order valence-corrected chi connectivity index (χ1v) is 12.0. The van der Waals surface area contributed by atoms with Gasteiger partial charge in [0.25, 0.3) is 0 Å². The van der Waals surface area contributed by atoms with Gasteiger partial charge in [-0.05, 0) is 49.4 Å². The van der Waals surface area contributed by atoms with E-state index < -0.39 is 0 Å². The van der Waals surface area contributed by atoms with E-state index in [0.29, 0.717) is 18.2 Å². The Bertz CT molecular complexity index is 1130. The first-order chi connectivity index (χ1) is 16.5. The summed E-state index contributed by atoms with van der Waals surface area (Å²) in [7, 11) is 0. The fourth-order valence-electron chi connectivity index (χ4n) is 4.30. The molecule has 1 aliphatic heterocycles. The van der Waals surface area contributed by atoms with Gasteiger partial charge in [-0.3, -0.25) is 9.69 Å². The lowest BCUT2D eigenvalue weighted by atomic mass is 10.0. The number of hydrogen-bond donors (Lipinski definition) is 1. The van der Waals surface area contributed by atoms with E-state index >= 15 is 0 Å². The summed E-state index contributed by atoms with van der Waals surface area (Å²) in [5.74, 6) is 0.287. The number of aromatic nitrogens is 2. The number of piperidine rings is 1. The Morgan fingerprint density at radius 3 is 2.50 bits per heavy atom. The predicted octanol–water partition coefficient (Wildman–Crippen LogP) is 5.01. The molecule has 4 rings (SSSR count). The van der Waals surface area contributed by atoms with Gasteiger partial charge in [0.05, 0.1) is 24.5 Å². The number of nitrogens with one attached hydrogen (secondary N) is 1. The molecule has 1 fully saturated rings. The second kappa shape index (κ2) is 11.3. The molecular formula is C28H33FN4O. The average molecular weight is 461 g/mol. The molecule has 2 heterocycles. The minimum absolute atomic E-state index is 0.0264. The first-order valence-electron chi connectivity index (χ1n) is 12.0. The third-order valence-electron chi connectivity index (χ3n) is 6.06. The molecule has 1 aromatic heterocycles. The van der Waals surface area contributed by atoms with Crippen LogP contribution in [0.3, 0.4) is 0 Å². The van der Waals surface area contributed by atoms with Gasteiger partial charge < -0.3 is 5.32 Å². The van der Waals surface area contributed by atoms with Crippen molar-refractivity contribution in [2.45, 2.75) is 39.5 Å². The fourth-order valence-corrected chi connectivity index (χ4v) is 4.30.